The van der Waals surface area contributed by atoms with Crippen LogP contribution in [0.1, 0.15) is 42.1 Å². The number of nitrogens with zero attached hydrogens (tertiary/aromatic N) is 2. The molecule has 1 aromatic heterocycles. The standard InChI is InChI=1S/C25H28F3N5O2/c26-16-3-1-14(2-4-16)9-15-10-20(30-12-15)24(35)33-13-25(27,28)11-21(33)23(34)32-19-7-6-18-17(19)5-8-22(29)31-18/h1-5,8,15,19-21,30H,6-7,9-13H2,(H2,29,31)(H,32,34)/t15-,19?,20+,21-/m0/s1. The van der Waals surface area contributed by atoms with Gasteiger partial charge in [0.2, 0.25) is 11.8 Å². The van der Waals surface area contributed by atoms with Crippen molar-refractivity contribution in [2.75, 3.05) is 18.8 Å². The minimum Gasteiger partial charge on any atom is -0.384 e. The van der Waals surface area contributed by atoms with Crippen LogP contribution in [0.25, 0.3) is 0 Å². The lowest BCUT2D eigenvalue weighted by atomic mass is 9.96. The zero-order valence-electron chi connectivity index (χ0n) is 19.1. The maximum atomic E-state index is 14.4. The Morgan fingerprint density at radius 3 is 2.74 bits per heavy atom. The summed E-state index contributed by atoms with van der Waals surface area (Å²) in [6, 6.07) is 7.43. The van der Waals surface area contributed by atoms with Crippen molar-refractivity contribution >= 4 is 17.6 Å². The van der Waals surface area contributed by atoms with E-state index in [1.54, 1.807) is 24.3 Å². The first-order valence-corrected chi connectivity index (χ1v) is 11.9. The molecule has 186 valence electrons. The number of pyridine rings is 1. The molecule has 4 N–H and O–H groups in total. The van der Waals surface area contributed by atoms with E-state index >= 15 is 0 Å². The number of carbonyl (C=O) groups excluding carboxylic acids is 2. The fraction of sp³-hybridized carbons (Fsp3) is 0.480. The number of amides is 2. The van der Waals surface area contributed by atoms with Crippen molar-refractivity contribution in [3.05, 3.63) is 59.0 Å². The van der Waals surface area contributed by atoms with Gasteiger partial charge in [-0.05, 0) is 67.5 Å². The van der Waals surface area contributed by atoms with Crippen LogP contribution in [0.4, 0.5) is 19.0 Å². The minimum atomic E-state index is -3.13. The van der Waals surface area contributed by atoms with Gasteiger partial charge < -0.3 is 21.3 Å². The van der Waals surface area contributed by atoms with Crippen LogP contribution in [0.2, 0.25) is 0 Å². The average molecular weight is 488 g/mol. The molecule has 0 saturated carbocycles. The Labute approximate surface area is 201 Å². The molecule has 2 aliphatic heterocycles. The summed E-state index contributed by atoms with van der Waals surface area (Å²) >= 11 is 0. The second kappa shape index (κ2) is 9.14. The van der Waals surface area contributed by atoms with Gasteiger partial charge in [-0.3, -0.25) is 9.59 Å². The number of aryl methyl sites for hydroxylation is 1. The molecule has 2 amide bonds. The molecular weight excluding hydrogens is 459 g/mol. The van der Waals surface area contributed by atoms with E-state index in [-0.39, 0.29) is 17.8 Å². The number of halogens is 3. The Bertz CT molecular complexity index is 1130. The van der Waals surface area contributed by atoms with Crippen LogP contribution in [0.3, 0.4) is 0 Å². The Hall–Kier alpha value is -3.14. The Morgan fingerprint density at radius 2 is 1.97 bits per heavy atom. The molecule has 2 aromatic rings. The summed E-state index contributed by atoms with van der Waals surface area (Å²) in [5.74, 6) is -4.00. The Morgan fingerprint density at radius 1 is 1.20 bits per heavy atom. The van der Waals surface area contributed by atoms with Gasteiger partial charge in [-0.15, -0.1) is 0 Å². The molecule has 1 unspecified atom stereocenters. The molecule has 1 aliphatic carbocycles. The zero-order valence-corrected chi connectivity index (χ0v) is 19.1. The monoisotopic (exact) mass is 487 g/mol. The van der Waals surface area contributed by atoms with Crippen molar-refractivity contribution in [1.82, 2.24) is 20.5 Å². The van der Waals surface area contributed by atoms with Crippen molar-refractivity contribution in [3.63, 3.8) is 0 Å². The lowest BCUT2D eigenvalue weighted by Gasteiger charge is -2.27. The summed E-state index contributed by atoms with van der Waals surface area (Å²) < 4.78 is 42.0. The zero-order chi connectivity index (χ0) is 24.7. The molecule has 0 radical (unpaired) electrons. The van der Waals surface area contributed by atoms with Crippen LogP contribution in [0, 0.1) is 11.7 Å². The number of anilines is 1. The van der Waals surface area contributed by atoms with Gasteiger partial charge in [0.25, 0.3) is 5.92 Å². The predicted molar refractivity (Wildman–Crippen MR) is 123 cm³/mol. The van der Waals surface area contributed by atoms with Gasteiger partial charge in [-0.1, -0.05) is 18.2 Å². The van der Waals surface area contributed by atoms with E-state index in [2.05, 4.69) is 15.6 Å². The smallest absolute Gasteiger partial charge is 0.267 e. The van der Waals surface area contributed by atoms with E-state index in [1.807, 2.05) is 0 Å². The van der Waals surface area contributed by atoms with Crippen molar-refractivity contribution in [2.45, 2.75) is 56.2 Å². The normalized spacial score (nSPS) is 27.1. The number of benzene rings is 1. The topological polar surface area (TPSA) is 100 Å². The number of hydrogen-bond donors (Lipinski definition) is 3. The first-order valence-electron chi connectivity index (χ1n) is 11.9. The Balaban J connectivity index is 1.24. The molecule has 3 aliphatic rings. The number of nitrogens with one attached hydrogen (secondary N) is 2. The largest absolute Gasteiger partial charge is 0.384 e. The molecule has 2 fully saturated rings. The van der Waals surface area contributed by atoms with Crippen molar-refractivity contribution in [3.8, 4) is 0 Å². The fourth-order valence-corrected chi connectivity index (χ4v) is 5.49. The number of nitrogen functional groups attached to an aromatic ring is 1. The van der Waals surface area contributed by atoms with Crippen molar-refractivity contribution < 1.29 is 22.8 Å². The summed E-state index contributed by atoms with van der Waals surface area (Å²) in [4.78, 5) is 31.7. The van der Waals surface area contributed by atoms with Crippen LogP contribution in [-0.4, -0.2) is 52.8 Å². The van der Waals surface area contributed by atoms with E-state index in [9.17, 15) is 22.8 Å². The average Bonchev–Trinajstić information content (AvgIpc) is 3.52. The number of fused-ring (bicyclic) bond motifs is 1. The molecule has 0 bridgehead atoms. The van der Waals surface area contributed by atoms with Gasteiger partial charge in [0.05, 0.1) is 18.6 Å². The second-order valence-electron chi connectivity index (χ2n) is 9.81. The van der Waals surface area contributed by atoms with E-state index in [0.29, 0.717) is 38.0 Å². The van der Waals surface area contributed by atoms with E-state index in [0.717, 1.165) is 21.7 Å². The highest BCUT2D eigenvalue weighted by atomic mass is 19.3. The predicted octanol–water partition coefficient (Wildman–Crippen LogP) is 2.36. The lowest BCUT2D eigenvalue weighted by Crippen LogP contribution is -2.51. The number of rotatable bonds is 5. The number of alkyl halides is 2. The maximum absolute atomic E-state index is 14.4. The summed E-state index contributed by atoms with van der Waals surface area (Å²) in [5.41, 5.74) is 8.30. The van der Waals surface area contributed by atoms with Gasteiger partial charge >= 0.3 is 0 Å². The van der Waals surface area contributed by atoms with Crippen LogP contribution in [-0.2, 0) is 22.4 Å². The van der Waals surface area contributed by atoms with E-state index in [1.165, 1.54) is 12.1 Å². The van der Waals surface area contributed by atoms with Gasteiger partial charge in [-0.2, -0.15) is 0 Å². The van der Waals surface area contributed by atoms with Gasteiger partial charge in [-0.25, -0.2) is 18.2 Å². The van der Waals surface area contributed by atoms with Gasteiger partial charge in [0.1, 0.15) is 17.7 Å². The van der Waals surface area contributed by atoms with Gasteiger partial charge in [0.15, 0.2) is 0 Å². The molecule has 2 saturated heterocycles. The molecule has 5 rings (SSSR count). The molecule has 10 heteroatoms. The molecular formula is C25H28F3N5O2. The minimum absolute atomic E-state index is 0.111. The lowest BCUT2D eigenvalue weighted by molar-refractivity contribution is -0.140. The number of nitrogens with two attached hydrogens (primary N) is 1. The summed E-state index contributed by atoms with van der Waals surface area (Å²) in [6.07, 6.45) is 1.66. The maximum Gasteiger partial charge on any atom is 0.267 e. The molecule has 4 atom stereocenters. The molecule has 1 aromatic carbocycles. The van der Waals surface area contributed by atoms with E-state index in [4.69, 9.17) is 5.73 Å². The number of hydrogen-bond acceptors (Lipinski definition) is 5. The fourth-order valence-electron chi connectivity index (χ4n) is 5.49. The van der Waals surface area contributed by atoms with Gasteiger partial charge in [0, 0.05) is 12.1 Å². The first kappa shape index (κ1) is 23.6. The molecule has 3 heterocycles. The van der Waals surface area contributed by atoms with Crippen LogP contribution in [0.5, 0.6) is 0 Å². The third-order valence-corrected chi connectivity index (χ3v) is 7.21. The van der Waals surface area contributed by atoms with Crippen LogP contribution in [0.15, 0.2) is 36.4 Å². The number of aromatic nitrogens is 1. The van der Waals surface area contributed by atoms with Crippen LogP contribution >= 0.6 is 0 Å². The first-order chi connectivity index (χ1) is 16.7. The molecule has 35 heavy (non-hydrogen) atoms. The van der Waals surface area contributed by atoms with Crippen molar-refractivity contribution in [2.24, 2.45) is 5.92 Å². The quantitative estimate of drug-likeness (QED) is 0.601. The SMILES string of the molecule is Nc1ccc2c(n1)CCC2NC(=O)[C@@H]1CC(F)(F)CN1C(=O)[C@H]1C[C@H](Cc2ccc(F)cc2)CN1. The molecule has 0 spiro atoms. The third-order valence-electron chi connectivity index (χ3n) is 7.21. The number of carbonyl (C=O) groups is 2. The number of likely N-dealkylation sites (tertiary alicyclic amines) is 1. The summed E-state index contributed by atoms with van der Waals surface area (Å²) in [5, 5.41) is 5.99. The summed E-state index contributed by atoms with van der Waals surface area (Å²) in [7, 11) is 0. The molecule has 7 nitrogen and oxygen atoms in total. The second-order valence-corrected chi connectivity index (χ2v) is 9.81. The summed E-state index contributed by atoms with van der Waals surface area (Å²) in [6.45, 7) is -0.228. The van der Waals surface area contributed by atoms with Crippen molar-refractivity contribution in [1.29, 1.82) is 0 Å². The highest BCUT2D eigenvalue weighted by molar-refractivity contribution is 5.91. The highest BCUT2D eigenvalue weighted by Crippen LogP contribution is 2.35. The van der Waals surface area contributed by atoms with Crippen LogP contribution < -0.4 is 16.4 Å². The highest BCUT2D eigenvalue weighted by Gasteiger charge is 2.51. The third kappa shape index (κ3) is 4.98. The Kier molecular flexibility index (Phi) is 6.16. The van der Waals surface area contributed by atoms with E-state index < -0.39 is 42.8 Å².